The molecule has 5 heteroatoms. The van der Waals surface area contributed by atoms with Gasteiger partial charge in [0.15, 0.2) is 0 Å². The first-order valence-electron chi connectivity index (χ1n) is 5.68. The maximum absolute atomic E-state index is 11.6. The summed E-state index contributed by atoms with van der Waals surface area (Å²) in [5.74, 6) is -0.327. The highest BCUT2D eigenvalue weighted by molar-refractivity contribution is 5.95. The predicted octanol–water partition coefficient (Wildman–Crippen LogP) is 0.620. The third-order valence-corrected chi connectivity index (χ3v) is 3.05. The molecule has 0 radical (unpaired) electrons. The van der Waals surface area contributed by atoms with Crippen molar-refractivity contribution < 1.29 is 9.53 Å². The highest BCUT2D eigenvalue weighted by atomic mass is 16.5. The van der Waals surface area contributed by atoms with Gasteiger partial charge in [0.05, 0.1) is 12.8 Å². The lowest BCUT2D eigenvalue weighted by Crippen LogP contribution is -2.45. The molecule has 1 aliphatic heterocycles. The molecule has 2 rings (SSSR count). The Kier molecular flexibility index (Phi) is 3.58. The Bertz CT molecular complexity index is 400. The van der Waals surface area contributed by atoms with Gasteiger partial charge in [-0.25, -0.2) is 4.79 Å². The van der Waals surface area contributed by atoms with Gasteiger partial charge in [-0.1, -0.05) is 0 Å². The van der Waals surface area contributed by atoms with Gasteiger partial charge >= 0.3 is 5.97 Å². The van der Waals surface area contributed by atoms with Crippen LogP contribution < -0.4 is 4.90 Å². The van der Waals surface area contributed by atoms with Gasteiger partial charge in [-0.2, -0.15) is 0 Å². The zero-order valence-electron chi connectivity index (χ0n) is 10.2. The largest absolute Gasteiger partial charge is 0.465 e. The number of hydrogen-bond acceptors (Lipinski definition) is 5. The summed E-state index contributed by atoms with van der Waals surface area (Å²) in [6.45, 7) is 3.85. The Balaban J connectivity index is 2.23. The van der Waals surface area contributed by atoms with Gasteiger partial charge in [0.1, 0.15) is 5.56 Å². The van der Waals surface area contributed by atoms with E-state index in [1.807, 2.05) is 6.07 Å². The van der Waals surface area contributed by atoms with Crippen LogP contribution in [0.2, 0.25) is 0 Å². The zero-order valence-corrected chi connectivity index (χ0v) is 10.2. The Morgan fingerprint density at radius 2 is 2.06 bits per heavy atom. The molecule has 0 atom stereocenters. The number of ether oxygens (including phenoxy) is 1. The van der Waals surface area contributed by atoms with Gasteiger partial charge < -0.3 is 14.5 Å². The molecule has 0 bridgehead atoms. The second-order valence-electron chi connectivity index (χ2n) is 4.17. The Morgan fingerprint density at radius 1 is 1.35 bits per heavy atom. The average Bonchev–Trinajstić information content (AvgIpc) is 2.39. The van der Waals surface area contributed by atoms with E-state index in [-0.39, 0.29) is 5.97 Å². The fourth-order valence-corrected chi connectivity index (χ4v) is 1.98. The number of carbonyl (C=O) groups excluding carboxylic acids is 1. The minimum absolute atomic E-state index is 0.327. The van der Waals surface area contributed by atoms with Crippen molar-refractivity contribution >= 4 is 11.7 Å². The van der Waals surface area contributed by atoms with E-state index in [2.05, 4.69) is 21.8 Å². The van der Waals surface area contributed by atoms with Crippen molar-refractivity contribution in [3.05, 3.63) is 24.0 Å². The molecule has 1 aliphatic rings. The third kappa shape index (κ3) is 2.55. The van der Waals surface area contributed by atoms with E-state index in [0.29, 0.717) is 5.56 Å². The van der Waals surface area contributed by atoms with Gasteiger partial charge in [0.2, 0.25) is 0 Å². The smallest absolute Gasteiger partial charge is 0.341 e. The first-order valence-corrected chi connectivity index (χ1v) is 5.68. The summed E-state index contributed by atoms with van der Waals surface area (Å²) in [6, 6.07) is 1.87. The second-order valence-corrected chi connectivity index (χ2v) is 4.17. The average molecular weight is 235 g/mol. The van der Waals surface area contributed by atoms with Crippen LogP contribution in [0.15, 0.2) is 18.5 Å². The molecular formula is C12H17N3O2. The van der Waals surface area contributed by atoms with Crippen LogP contribution in [0.5, 0.6) is 0 Å². The Labute approximate surface area is 101 Å². The number of likely N-dealkylation sites (N-methyl/N-ethyl adjacent to an activating group) is 1. The van der Waals surface area contributed by atoms with Crippen molar-refractivity contribution in [1.29, 1.82) is 0 Å². The van der Waals surface area contributed by atoms with Crippen LogP contribution >= 0.6 is 0 Å². The number of hydrogen-bond donors (Lipinski definition) is 0. The first-order chi connectivity index (χ1) is 8.22. The number of esters is 1. The number of nitrogens with zero attached hydrogens (tertiary/aromatic N) is 3. The fraction of sp³-hybridized carbons (Fsp3) is 0.500. The maximum atomic E-state index is 11.6. The van der Waals surface area contributed by atoms with Crippen molar-refractivity contribution in [2.45, 2.75) is 0 Å². The molecule has 0 amide bonds. The summed E-state index contributed by atoms with van der Waals surface area (Å²) in [5.41, 5.74) is 1.46. The number of rotatable bonds is 2. The molecule has 1 saturated heterocycles. The topological polar surface area (TPSA) is 45.7 Å². The van der Waals surface area contributed by atoms with Gasteiger partial charge in [0, 0.05) is 38.6 Å². The van der Waals surface area contributed by atoms with Crippen molar-refractivity contribution in [1.82, 2.24) is 9.88 Å². The minimum Gasteiger partial charge on any atom is -0.465 e. The molecule has 92 valence electrons. The van der Waals surface area contributed by atoms with E-state index >= 15 is 0 Å². The number of pyridine rings is 1. The first kappa shape index (κ1) is 11.9. The lowest BCUT2D eigenvalue weighted by Gasteiger charge is -2.34. The number of aromatic nitrogens is 1. The predicted molar refractivity (Wildman–Crippen MR) is 65.3 cm³/mol. The normalized spacial score (nSPS) is 16.9. The molecule has 0 aromatic carbocycles. The van der Waals surface area contributed by atoms with E-state index < -0.39 is 0 Å². The number of methoxy groups -OCH3 is 1. The van der Waals surface area contributed by atoms with Gasteiger partial charge in [-0.15, -0.1) is 0 Å². The van der Waals surface area contributed by atoms with Crippen LogP contribution in [0.3, 0.4) is 0 Å². The summed E-state index contributed by atoms with van der Waals surface area (Å²) < 4.78 is 4.77. The van der Waals surface area contributed by atoms with Crippen molar-refractivity contribution in [2.24, 2.45) is 0 Å². The zero-order chi connectivity index (χ0) is 12.3. The molecule has 1 aromatic heterocycles. The molecular weight excluding hydrogens is 218 g/mol. The molecule has 0 unspecified atom stereocenters. The monoisotopic (exact) mass is 235 g/mol. The van der Waals surface area contributed by atoms with E-state index in [0.717, 1.165) is 31.9 Å². The number of anilines is 1. The van der Waals surface area contributed by atoms with Crippen LogP contribution in [0.4, 0.5) is 5.69 Å². The molecule has 1 fully saturated rings. The maximum Gasteiger partial charge on any atom is 0.341 e. The van der Waals surface area contributed by atoms with Gasteiger partial charge in [0.25, 0.3) is 0 Å². The van der Waals surface area contributed by atoms with Crippen LogP contribution in [0, 0.1) is 0 Å². The highest BCUT2D eigenvalue weighted by Gasteiger charge is 2.20. The fourth-order valence-electron chi connectivity index (χ4n) is 1.98. The summed E-state index contributed by atoms with van der Waals surface area (Å²) in [5, 5.41) is 0. The van der Waals surface area contributed by atoms with Crippen molar-refractivity contribution in [3.8, 4) is 0 Å². The number of piperazine rings is 1. The van der Waals surface area contributed by atoms with Crippen LogP contribution in [0.25, 0.3) is 0 Å². The van der Waals surface area contributed by atoms with E-state index in [4.69, 9.17) is 4.74 Å². The minimum atomic E-state index is -0.327. The molecule has 17 heavy (non-hydrogen) atoms. The summed E-state index contributed by atoms with van der Waals surface area (Å²) >= 11 is 0. The molecule has 0 N–H and O–H groups in total. The molecule has 1 aromatic rings. The summed E-state index contributed by atoms with van der Waals surface area (Å²) in [6.07, 6.45) is 3.28. The lowest BCUT2D eigenvalue weighted by atomic mass is 10.2. The van der Waals surface area contributed by atoms with E-state index in [1.165, 1.54) is 7.11 Å². The van der Waals surface area contributed by atoms with Gasteiger partial charge in [-0.3, -0.25) is 4.98 Å². The standard InChI is InChI=1S/C12H17N3O2/c1-14-5-7-15(8-6-14)11-3-4-13-9-10(11)12(16)17-2/h3-4,9H,5-8H2,1-2H3. The third-order valence-electron chi connectivity index (χ3n) is 3.05. The van der Waals surface area contributed by atoms with E-state index in [1.54, 1.807) is 12.4 Å². The molecule has 2 heterocycles. The van der Waals surface area contributed by atoms with Crippen LogP contribution in [-0.4, -0.2) is 56.2 Å². The number of carbonyl (C=O) groups is 1. The Morgan fingerprint density at radius 3 is 2.71 bits per heavy atom. The molecule has 0 saturated carbocycles. The Hall–Kier alpha value is -1.62. The lowest BCUT2D eigenvalue weighted by molar-refractivity contribution is 0.0601. The quantitative estimate of drug-likeness (QED) is 0.703. The second kappa shape index (κ2) is 5.14. The molecule has 5 nitrogen and oxygen atoms in total. The van der Waals surface area contributed by atoms with E-state index in [9.17, 15) is 4.79 Å². The SMILES string of the molecule is COC(=O)c1cnccc1N1CCN(C)CC1. The summed E-state index contributed by atoms with van der Waals surface area (Å²) in [7, 11) is 3.49. The summed E-state index contributed by atoms with van der Waals surface area (Å²) in [4.78, 5) is 20.1. The van der Waals surface area contributed by atoms with Gasteiger partial charge in [-0.05, 0) is 13.1 Å². The van der Waals surface area contributed by atoms with Crippen molar-refractivity contribution in [3.63, 3.8) is 0 Å². The molecule has 0 spiro atoms. The van der Waals surface area contributed by atoms with Crippen molar-refractivity contribution in [2.75, 3.05) is 45.2 Å². The highest BCUT2D eigenvalue weighted by Crippen LogP contribution is 2.21. The van der Waals surface area contributed by atoms with Crippen LogP contribution in [-0.2, 0) is 4.74 Å². The molecule has 0 aliphatic carbocycles. The van der Waals surface area contributed by atoms with Crippen LogP contribution in [0.1, 0.15) is 10.4 Å².